The Morgan fingerprint density at radius 1 is 1.44 bits per heavy atom. The van der Waals surface area contributed by atoms with E-state index >= 15 is 0 Å². The third-order valence-corrected chi connectivity index (χ3v) is 4.68. The van der Waals surface area contributed by atoms with Gasteiger partial charge in [-0.2, -0.15) is 12.6 Å². The minimum absolute atomic E-state index is 0.130. The van der Waals surface area contributed by atoms with E-state index in [1.165, 1.54) is 0 Å². The maximum atomic E-state index is 11.7. The molecule has 2 aliphatic rings. The fourth-order valence-electron chi connectivity index (χ4n) is 2.47. The van der Waals surface area contributed by atoms with Crippen LogP contribution < -0.4 is 5.32 Å². The van der Waals surface area contributed by atoms with E-state index in [1.54, 1.807) is 0 Å². The van der Waals surface area contributed by atoms with Crippen molar-refractivity contribution >= 4 is 18.5 Å². The van der Waals surface area contributed by atoms with E-state index in [9.17, 15) is 9.90 Å². The Balaban J connectivity index is 1.67. The normalized spacial score (nSPS) is 31.4. The molecule has 0 heterocycles. The lowest BCUT2D eigenvalue weighted by atomic mass is 10.0. The number of carbonyl (C=O) groups is 1. The van der Waals surface area contributed by atoms with Gasteiger partial charge in [0.1, 0.15) is 0 Å². The van der Waals surface area contributed by atoms with Gasteiger partial charge in [-0.1, -0.05) is 6.42 Å². The van der Waals surface area contributed by atoms with Crippen molar-refractivity contribution in [1.29, 1.82) is 0 Å². The zero-order valence-electron chi connectivity index (χ0n) is 9.61. The van der Waals surface area contributed by atoms with Crippen LogP contribution in [-0.2, 0) is 4.79 Å². The number of carbonyl (C=O) groups excluding carboxylic acids is 1. The quantitative estimate of drug-likeness (QED) is 0.639. The fourth-order valence-corrected chi connectivity index (χ4v) is 2.90. The SMILES string of the molecule is O=C(CC1(CS)CC1)NCC1CCCC1O. The Morgan fingerprint density at radius 2 is 2.19 bits per heavy atom. The summed E-state index contributed by atoms with van der Waals surface area (Å²) in [5.74, 6) is 1.22. The largest absolute Gasteiger partial charge is 0.393 e. The first-order valence-corrected chi connectivity index (χ1v) is 6.84. The molecule has 2 fully saturated rings. The number of aliphatic hydroxyl groups excluding tert-OH is 1. The van der Waals surface area contributed by atoms with Gasteiger partial charge in [0.05, 0.1) is 6.10 Å². The Hall–Kier alpha value is -0.220. The average molecular weight is 243 g/mol. The number of nitrogens with one attached hydrogen (secondary N) is 1. The lowest BCUT2D eigenvalue weighted by Gasteiger charge is -2.16. The number of amides is 1. The summed E-state index contributed by atoms with van der Waals surface area (Å²) in [4.78, 5) is 11.7. The van der Waals surface area contributed by atoms with E-state index in [-0.39, 0.29) is 23.3 Å². The van der Waals surface area contributed by atoms with E-state index in [0.29, 0.717) is 13.0 Å². The van der Waals surface area contributed by atoms with Crippen LogP contribution in [-0.4, -0.2) is 29.4 Å². The third kappa shape index (κ3) is 2.92. The van der Waals surface area contributed by atoms with Crippen molar-refractivity contribution in [2.45, 2.75) is 44.6 Å². The molecule has 2 N–H and O–H groups in total. The van der Waals surface area contributed by atoms with Gasteiger partial charge in [-0.15, -0.1) is 0 Å². The van der Waals surface area contributed by atoms with Gasteiger partial charge >= 0.3 is 0 Å². The fraction of sp³-hybridized carbons (Fsp3) is 0.917. The van der Waals surface area contributed by atoms with Crippen molar-refractivity contribution in [3.63, 3.8) is 0 Å². The number of hydrogen-bond donors (Lipinski definition) is 3. The predicted octanol–water partition coefficient (Wildman–Crippen LogP) is 1.36. The molecule has 0 aliphatic heterocycles. The molecule has 2 aliphatic carbocycles. The highest BCUT2D eigenvalue weighted by molar-refractivity contribution is 7.80. The van der Waals surface area contributed by atoms with Crippen LogP contribution in [0.5, 0.6) is 0 Å². The standard InChI is InChI=1S/C12H21NO2S/c14-10-3-1-2-9(10)7-13-11(15)6-12(8-16)4-5-12/h9-10,14,16H,1-8H2,(H,13,15). The Kier molecular flexibility index (Phi) is 3.80. The van der Waals surface area contributed by atoms with Crippen molar-refractivity contribution in [3.05, 3.63) is 0 Å². The molecule has 2 rings (SSSR count). The smallest absolute Gasteiger partial charge is 0.220 e. The minimum Gasteiger partial charge on any atom is -0.393 e. The van der Waals surface area contributed by atoms with Crippen LogP contribution in [0.3, 0.4) is 0 Å². The summed E-state index contributed by atoms with van der Waals surface area (Å²) in [7, 11) is 0. The van der Waals surface area contributed by atoms with Crippen LogP contribution in [0.1, 0.15) is 38.5 Å². The molecule has 3 nitrogen and oxygen atoms in total. The topological polar surface area (TPSA) is 49.3 Å². The first kappa shape index (κ1) is 12.2. The van der Waals surface area contributed by atoms with Gasteiger partial charge in [0, 0.05) is 18.9 Å². The Morgan fingerprint density at radius 3 is 2.69 bits per heavy atom. The van der Waals surface area contributed by atoms with Crippen molar-refractivity contribution < 1.29 is 9.90 Å². The molecule has 0 bridgehead atoms. The summed E-state index contributed by atoms with van der Waals surface area (Å²) in [5, 5.41) is 12.6. The van der Waals surface area contributed by atoms with Gasteiger partial charge in [-0.25, -0.2) is 0 Å². The van der Waals surface area contributed by atoms with Crippen LogP contribution in [0.25, 0.3) is 0 Å². The molecule has 16 heavy (non-hydrogen) atoms. The van der Waals surface area contributed by atoms with Gasteiger partial charge in [0.25, 0.3) is 0 Å². The summed E-state index contributed by atoms with van der Waals surface area (Å²) >= 11 is 4.29. The van der Waals surface area contributed by atoms with Gasteiger partial charge in [-0.3, -0.25) is 4.79 Å². The van der Waals surface area contributed by atoms with Gasteiger partial charge in [0.2, 0.25) is 5.91 Å². The van der Waals surface area contributed by atoms with E-state index in [4.69, 9.17) is 0 Å². The van der Waals surface area contributed by atoms with Crippen LogP contribution >= 0.6 is 12.6 Å². The Bertz CT molecular complexity index is 266. The highest BCUT2D eigenvalue weighted by atomic mass is 32.1. The summed E-state index contributed by atoms with van der Waals surface area (Å²) in [6.07, 6.45) is 5.69. The van der Waals surface area contributed by atoms with Crippen LogP contribution in [0.2, 0.25) is 0 Å². The van der Waals surface area contributed by atoms with Gasteiger partial charge in [-0.05, 0) is 36.9 Å². The average Bonchev–Trinajstić information content (AvgIpc) is 2.92. The molecule has 0 aromatic heterocycles. The highest BCUT2D eigenvalue weighted by Gasteiger charge is 2.42. The van der Waals surface area contributed by atoms with Crippen molar-refractivity contribution in [2.75, 3.05) is 12.3 Å². The monoisotopic (exact) mass is 243 g/mol. The number of aliphatic hydroxyl groups is 1. The zero-order valence-corrected chi connectivity index (χ0v) is 10.5. The molecule has 2 unspecified atom stereocenters. The number of hydrogen-bond acceptors (Lipinski definition) is 3. The first-order valence-electron chi connectivity index (χ1n) is 6.21. The summed E-state index contributed by atoms with van der Waals surface area (Å²) in [6.45, 7) is 0.642. The molecule has 0 saturated heterocycles. The highest BCUT2D eigenvalue weighted by Crippen LogP contribution is 2.49. The molecule has 92 valence electrons. The van der Waals surface area contributed by atoms with E-state index < -0.39 is 0 Å². The van der Waals surface area contributed by atoms with Crippen LogP contribution in [0.4, 0.5) is 0 Å². The van der Waals surface area contributed by atoms with Gasteiger partial charge in [0.15, 0.2) is 0 Å². The van der Waals surface area contributed by atoms with E-state index in [0.717, 1.165) is 37.9 Å². The first-order chi connectivity index (χ1) is 7.65. The van der Waals surface area contributed by atoms with Crippen LogP contribution in [0.15, 0.2) is 0 Å². The van der Waals surface area contributed by atoms with E-state index in [1.807, 2.05) is 0 Å². The van der Waals surface area contributed by atoms with Crippen molar-refractivity contribution in [2.24, 2.45) is 11.3 Å². The summed E-state index contributed by atoms with van der Waals surface area (Å²) in [5.41, 5.74) is 0.196. The van der Waals surface area contributed by atoms with Crippen molar-refractivity contribution in [3.8, 4) is 0 Å². The van der Waals surface area contributed by atoms with Gasteiger partial charge < -0.3 is 10.4 Å². The molecule has 0 aromatic rings. The molecule has 0 aromatic carbocycles. The lowest BCUT2D eigenvalue weighted by molar-refractivity contribution is -0.122. The molecule has 4 heteroatoms. The summed E-state index contributed by atoms with van der Waals surface area (Å²) in [6, 6.07) is 0. The molecule has 0 spiro atoms. The maximum absolute atomic E-state index is 11.7. The number of rotatable bonds is 5. The van der Waals surface area contributed by atoms with Crippen LogP contribution in [0, 0.1) is 11.3 Å². The molecule has 2 atom stereocenters. The Labute approximate surface area is 102 Å². The second-order valence-corrected chi connectivity index (χ2v) is 5.71. The second kappa shape index (κ2) is 4.96. The molecular formula is C12H21NO2S. The number of thiol groups is 1. The molecule has 2 saturated carbocycles. The van der Waals surface area contributed by atoms with Crippen molar-refractivity contribution in [1.82, 2.24) is 5.32 Å². The lowest BCUT2D eigenvalue weighted by Crippen LogP contribution is -2.33. The zero-order chi connectivity index (χ0) is 11.6. The predicted molar refractivity (Wildman–Crippen MR) is 66.5 cm³/mol. The second-order valence-electron chi connectivity index (χ2n) is 5.40. The molecular weight excluding hydrogens is 222 g/mol. The summed E-state index contributed by atoms with van der Waals surface area (Å²) < 4.78 is 0. The third-order valence-electron chi connectivity index (χ3n) is 4.01. The molecule has 1 amide bonds. The minimum atomic E-state index is -0.208. The van der Waals surface area contributed by atoms with E-state index in [2.05, 4.69) is 17.9 Å². The maximum Gasteiger partial charge on any atom is 0.220 e. The molecule has 0 radical (unpaired) electrons.